The van der Waals surface area contributed by atoms with Crippen molar-refractivity contribution in [1.29, 1.82) is 5.26 Å². The van der Waals surface area contributed by atoms with Crippen molar-refractivity contribution < 1.29 is 8.42 Å². The van der Waals surface area contributed by atoms with E-state index in [-0.39, 0.29) is 6.04 Å². The molecule has 0 aromatic heterocycles. The average molecular weight is 328 g/mol. The fourth-order valence-corrected chi connectivity index (χ4v) is 2.96. The molecular weight excluding hydrogens is 308 g/mol. The molecule has 120 valence electrons. The first kappa shape index (κ1) is 17.2. The molecule has 0 spiro atoms. The van der Waals surface area contributed by atoms with Gasteiger partial charge in [-0.15, -0.1) is 0 Å². The number of nitrogens with one attached hydrogen (secondary N) is 1. The number of sulfone groups is 1. The van der Waals surface area contributed by atoms with E-state index >= 15 is 0 Å². The van der Waals surface area contributed by atoms with Gasteiger partial charge in [-0.3, -0.25) is 0 Å². The minimum Gasteiger partial charge on any atom is -0.310 e. The Morgan fingerprint density at radius 2 is 1.87 bits per heavy atom. The van der Waals surface area contributed by atoms with E-state index in [0.717, 1.165) is 24.1 Å². The predicted octanol–water partition coefficient (Wildman–Crippen LogP) is 2.86. The maximum Gasteiger partial charge on any atom is 0.175 e. The van der Waals surface area contributed by atoms with Crippen LogP contribution >= 0.6 is 0 Å². The smallest absolute Gasteiger partial charge is 0.175 e. The summed E-state index contributed by atoms with van der Waals surface area (Å²) < 4.78 is 22.8. The molecular formula is C18H20N2O2S. The summed E-state index contributed by atoms with van der Waals surface area (Å²) in [5.74, 6) is 0. The number of nitriles is 1. The second-order valence-corrected chi connectivity index (χ2v) is 7.59. The van der Waals surface area contributed by atoms with Crippen LogP contribution in [-0.2, 0) is 16.3 Å². The first-order chi connectivity index (χ1) is 10.9. The largest absolute Gasteiger partial charge is 0.310 e. The van der Waals surface area contributed by atoms with Crippen molar-refractivity contribution in [3.63, 3.8) is 0 Å². The summed E-state index contributed by atoms with van der Waals surface area (Å²) in [5.41, 5.74) is 2.83. The lowest BCUT2D eigenvalue weighted by Gasteiger charge is -2.14. The van der Waals surface area contributed by atoms with Gasteiger partial charge in [0.25, 0.3) is 0 Å². The fraction of sp³-hybridized carbons (Fsp3) is 0.278. The van der Waals surface area contributed by atoms with Crippen LogP contribution in [0.3, 0.4) is 0 Å². The molecule has 0 bridgehead atoms. The minimum absolute atomic E-state index is 0.151. The molecule has 2 aromatic rings. The van der Waals surface area contributed by atoms with Crippen molar-refractivity contribution >= 4 is 9.84 Å². The van der Waals surface area contributed by atoms with Gasteiger partial charge in [0.2, 0.25) is 0 Å². The van der Waals surface area contributed by atoms with E-state index in [9.17, 15) is 8.42 Å². The summed E-state index contributed by atoms with van der Waals surface area (Å²) in [7, 11) is -3.14. The lowest BCUT2D eigenvalue weighted by atomic mass is 10.1. The van der Waals surface area contributed by atoms with Crippen LogP contribution in [0, 0.1) is 11.3 Å². The molecule has 2 rings (SSSR count). The van der Waals surface area contributed by atoms with Crippen molar-refractivity contribution in [2.45, 2.75) is 24.3 Å². The zero-order valence-electron chi connectivity index (χ0n) is 13.3. The molecule has 0 saturated carbocycles. The zero-order chi connectivity index (χ0) is 16.9. The topological polar surface area (TPSA) is 70.0 Å². The molecule has 4 nitrogen and oxygen atoms in total. The highest BCUT2D eigenvalue weighted by Crippen LogP contribution is 2.14. The van der Waals surface area contributed by atoms with Crippen LogP contribution in [-0.4, -0.2) is 21.2 Å². The number of hydrogen-bond donors (Lipinski definition) is 1. The Morgan fingerprint density at radius 3 is 2.48 bits per heavy atom. The summed E-state index contributed by atoms with van der Waals surface area (Å²) in [6.07, 6.45) is 2.02. The lowest BCUT2D eigenvalue weighted by molar-refractivity contribution is 0.576. The van der Waals surface area contributed by atoms with Crippen LogP contribution in [0.15, 0.2) is 53.4 Å². The first-order valence-electron chi connectivity index (χ1n) is 7.42. The second-order valence-electron chi connectivity index (χ2n) is 5.58. The molecule has 0 radical (unpaired) electrons. The van der Waals surface area contributed by atoms with Crippen LogP contribution in [0.1, 0.15) is 29.7 Å². The highest BCUT2D eigenvalue weighted by molar-refractivity contribution is 7.90. The summed E-state index contributed by atoms with van der Waals surface area (Å²) in [6, 6.07) is 16.8. The highest BCUT2D eigenvalue weighted by atomic mass is 32.2. The fourth-order valence-electron chi connectivity index (χ4n) is 2.33. The monoisotopic (exact) mass is 328 g/mol. The Kier molecular flexibility index (Phi) is 5.54. The molecule has 0 heterocycles. The van der Waals surface area contributed by atoms with Crippen molar-refractivity contribution in [1.82, 2.24) is 5.32 Å². The van der Waals surface area contributed by atoms with Gasteiger partial charge >= 0.3 is 0 Å². The number of benzene rings is 2. The van der Waals surface area contributed by atoms with E-state index in [4.69, 9.17) is 5.26 Å². The molecule has 0 amide bonds. The third-order valence-electron chi connectivity index (χ3n) is 3.73. The van der Waals surface area contributed by atoms with E-state index in [0.29, 0.717) is 10.5 Å². The van der Waals surface area contributed by atoms with E-state index in [1.807, 2.05) is 30.3 Å². The number of rotatable bonds is 6. The van der Waals surface area contributed by atoms with E-state index in [1.54, 1.807) is 18.2 Å². The van der Waals surface area contributed by atoms with E-state index in [1.165, 1.54) is 6.26 Å². The summed E-state index contributed by atoms with van der Waals surface area (Å²) in [6.45, 7) is 2.83. The average Bonchev–Trinajstić information content (AvgIpc) is 2.54. The number of nitrogens with zero attached hydrogens (tertiary/aromatic N) is 1. The Labute approximate surface area is 137 Å². The van der Waals surface area contributed by atoms with Gasteiger partial charge in [-0.05, 0) is 55.3 Å². The van der Waals surface area contributed by atoms with Crippen molar-refractivity contribution in [3.05, 3.63) is 65.2 Å². The van der Waals surface area contributed by atoms with Gasteiger partial charge in [0.05, 0.1) is 16.5 Å². The third-order valence-corrected chi connectivity index (χ3v) is 4.86. The van der Waals surface area contributed by atoms with Crippen LogP contribution in [0.2, 0.25) is 0 Å². The lowest BCUT2D eigenvalue weighted by Crippen LogP contribution is -2.21. The van der Waals surface area contributed by atoms with Crippen LogP contribution in [0.25, 0.3) is 0 Å². The Balaban J connectivity index is 1.90. The van der Waals surface area contributed by atoms with Gasteiger partial charge in [-0.1, -0.05) is 24.3 Å². The van der Waals surface area contributed by atoms with Gasteiger partial charge < -0.3 is 5.32 Å². The van der Waals surface area contributed by atoms with Gasteiger partial charge in [0.1, 0.15) is 0 Å². The molecule has 0 aliphatic heterocycles. The predicted molar refractivity (Wildman–Crippen MR) is 90.8 cm³/mol. The van der Waals surface area contributed by atoms with E-state index < -0.39 is 9.84 Å². The molecule has 0 aliphatic carbocycles. The molecule has 0 aliphatic rings. The zero-order valence-corrected chi connectivity index (χ0v) is 14.1. The van der Waals surface area contributed by atoms with Crippen molar-refractivity contribution in [2.75, 3.05) is 12.8 Å². The molecule has 1 unspecified atom stereocenters. The summed E-state index contributed by atoms with van der Waals surface area (Å²) in [4.78, 5) is 0.343. The molecule has 5 heteroatoms. The first-order valence-corrected chi connectivity index (χ1v) is 9.32. The third kappa shape index (κ3) is 4.92. The highest BCUT2D eigenvalue weighted by Gasteiger charge is 2.07. The maximum atomic E-state index is 11.4. The van der Waals surface area contributed by atoms with Crippen LogP contribution in [0.4, 0.5) is 0 Å². The normalized spacial score (nSPS) is 12.6. The minimum atomic E-state index is -3.14. The Bertz CT molecular complexity index is 806. The maximum absolute atomic E-state index is 11.4. The quantitative estimate of drug-likeness (QED) is 0.885. The molecule has 0 fully saturated rings. The van der Waals surface area contributed by atoms with Gasteiger partial charge in [-0.2, -0.15) is 5.26 Å². The molecule has 1 atom stereocenters. The van der Waals surface area contributed by atoms with Gasteiger partial charge in [0.15, 0.2) is 9.84 Å². The van der Waals surface area contributed by atoms with E-state index in [2.05, 4.69) is 18.3 Å². The SMILES string of the molecule is CC(NCCc1ccc(S(C)(=O)=O)cc1)c1cccc(C#N)c1. The Hall–Kier alpha value is -2.16. The molecule has 1 N–H and O–H groups in total. The Morgan fingerprint density at radius 1 is 1.17 bits per heavy atom. The van der Waals surface area contributed by atoms with Crippen LogP contribution in [0.5, 0.6) is 0 Å². The summed E-state index contributed by atoms with van der Waals surface area (Å²) >= 11 is 0. The molecule has 23 heavy (non-hydrogen) atoms. The molecule has 2 aromatic carbocycles. The standard InChI is InChI=1S/C18H20N2O2S/c1-14(17-5-3-4-16(12-17)13-19)20-11-10-15-6-8-18(9-7-15)23(2,21)22/h3-9,12,14,20H,10-11H2,1-2H3. The molecule has 0 saturated heterocycles. The second kappa shape index (κ2) is 7.40. The summed E-state index contributed by atoms with van der Waals surface area (Å²) in [5, 5.41) is 12.4. The van der Waals surface area contributed by atoms with Crippen LogP contribution < -0.4 is 5.32 Å². The van der Waals surface area contributed by atoms with Crippen molar-refractivity contribution in [3.8, 4) is 6.07 Å². The van der Waals surface area contributed by atoms with Gasteiger partial charge in [0, 0.05) is 12.3 Å². The van der Waals surface area contributed by atoms with Crippen molar-refractivity contribution in [2.24, 2.45) is 0 Å². The van der Waals surface area contributed by atoms with Gasteiger partial charge in [-0.25, -0.2) is 8.42 Å². The number of hydrogen-bond acceptors (Lipinski definition) is 4.